The molecule has 0 spiro atoms. The second kappa shape index (κ2) is 5.22. The third-order valence-corrected chi connectivity index (χ3v) is 4.24. The van der Waals surface area contributed by atoms with Crippen molar-refractivity contribution < 1.29 is 23.7 Å². The van der Waals surface area contributed by atoms with E-state index in [1.54, 1.807) is 4.90 Å². The first-order valence-corrected chi connectivity index (χ1v) is 6.66. The highest BCUT2D eigenvalue weighted by atomic mass is 32.2. The van der Waals surface area contributed by atoms with Gasteiger partial charge < -0.3 is 15.3 Å². The Hall–Kier alpha value is -0.210. The van der Waals surface area contributed by atoms with Crippen LogP contribution < -0.4 is 0 Å². The first-order valence-electron chi connectivity index (χ1n) is 4.84. The number of rotatable bonds is 5. The van der Waals surface area contributed by atoms with Gasteiger partial charge in [0.2, 0.25) is 0 Å². The van der Waals surface area contributed by atoms with E-state index in [0.717, 1.165) is 0 Å². The van der Waals surface area contributed by atoms with E-state index in [0.29, 0.717) is 0 Å². The summed E-state index contributed by atoms with van der Waals surface area (Å²) in [6.45, 7) is 0.280. The van der Waals surface area contributed by atoms with Gasteiger partial charge in [0, 0.05) is 13.1 Å². The van der Waals surface area contributed by atoms with Crippen LogP contribution in [0.15, 0.2) is 0 Å². The van der Waals surface area contributed by atoms with Gasteiger partial charge in [-0.25, -0.2) is 8.42 Å². The molecule has 0 aliphatic carbocycles. The molecule has 1 saturated heterocycles. The van der Waals surface area contributed by atoms with Crippen LogP contribution in [0.1, 0.15) is 0 Å². The topological polar surface area (TPSA) is 98.1 Å². The lowest BCUT2D eigenvalue weighted by Crippen LogP contribution is -2.45. The van der Waals surface area contributed by atoms with E-state index in [1.165, 1.54) is 0 Å². The molecule has 0 radical (unpaired) electrons. The van der Waals surface area contributed by atoms with Gasteiger partial charge in [-0.05, 0) is 0 Å². The van der Waals surface area contributed by atoms with Crippen molar-refractivity contribution in [3.8, 4) is 0 Å². The van der Waals surface area contributed by atoms with Crippen LogP contribution in [0.5, 0.6) is 0 Å². The van der Waals surface area contributed by atoms with Crippen molar-refractivity contribution in [1.29, 1.82) is 0 Å². The Morgan fingerprint density at radius 2 is 1.67 bits per heavy atom. The van der Waals surface area contributed by atoms with E-state index in [-0.39, 0.29) is 37.8 Å². The summed E-state index contributed by atoms with van der Waals surface area (Å²) in [5.41, 5.74) is 0. The van der Waals surface area contributed by atoms with Crippen LogP contribution in [-0.4, -0.2) is 78.6 Å². The van der Waals surface area contributed by atoms with Crippen molar-refractivity contribution in [3.63, 3.8) is 0 Å². The maximum atomic E-state index is 11.3. The van der Waals surface area contributed by atoms with Gasteiger partial charge >= 0.3 is 0 Å². The molecule has 0 aromatic heterocycles. The number of aliphatic hydroxyl groups excluding tert-OH is 3. The fraction of sp³-hybridized carbons (Fsp3) is 1.00. The molecule has 15 heavy (non-hydrogen) atoms. The molecule has 0 unspecified atom stereocenters. The molecule has 0 amide bonds. The standard InChI is InChI=1S/C8H17NO5S/c10-3-1-9(2-4-11)7-5-15(13,14)6-8(7)12/h7-8,10-12H,1-6H2/t7-,8+/m0/s1. The first kappa shape index (κ1) is 12.9. The molecule has 2 atom stereocenters. The number of aliphatic hydroxyl groups is 3. The zero-order valence-electron chi connectivity index (χ0n) is 8.41. The van der Waals surface area contributed by atoms with Crippen LogP contribution in [0.3, 0.4) is 0 Å². The highest BCUT2D eigenvalue weighted by Crippen LogP contribution is 2.17. The SMILES string of the molecule is O=S1(=O)C[C@@H](O)[C@@H](N(CCO)CCO)C1. The summed E-state index contributed by atoms with van der Waals surface area (Å²) in [6, 6.07) is -0.505. The van der Waals surface area contributed by atoms with Crippen molar-refractivity contribution >= 4 is 9.84 Å². The van der Waals surface area contributed by atoms with E-state index in [2.05, 4.69) is 0 Å². The molecule has 1 aliphatic heterocycles. The summed E-state index contributed by atoms with van der Waals surface area (Å²) in [6.07, 6.45) is -0.923. The third kappa shape index (κ3) is 3.39. The predicted molar refractivity (Wildman–Crippen MR) is 54.2 cm³/mol. The van der Waals surface area contributed by atoms with Crippen LogP contribution in [0.4, 0.5) is 0 Å². The second-order valence-corrected chi connectivity index (χ2v) is 5.85. The summed E-state index contributed by atoms with van der Waals surface area (Å²) in [7, 11) is -3.18. The molecule has 0 bridgehead atoms. The van der Waals surface area contributed by atoms with Crippen LogP contribution in [0, 0.1) is 0 Å². The third-order valence-electron chi connectivity index (χ3n) is 2.54. The van der Waals surface area contributed by atoms with Gasteiger partial charge in [-0.15, -0.1) is 0 Å². The minimum Gasteiger partial charge on any atom is -0.395 e. The minimum absolute atomic E-state index is 0.103. The van der Waals surface area contributed by atoms with Gasteiger partial charge in [0.15, 0.2) is 9.84 Å². The Morgan fingerprint density at radius 3 is 2.00 bits per heavy atom. The summed E-state index contributed by atoms with van der Waals surface area (Å²) in [5, 5.41) is 27.1. The molecule has 1 aliphatic rings. The Labute approximate surface area is 89.1 Å². The lowest BCUT2D eigenvalue weighted by Gasteiger charge is -2.28. The molecule has 7 heteroatoms. The van der Waals surface area contributed by atoms with Crippen LogP contribution in [-0.2, 0) is 9.84 Å². The number of sulfone groups is 1. The zero-order valence-corrected chi connectivity index (χ0v) is 9.23. The fourth-order valence-electron chi connectivity index (χ4n) is 1.86. The molecule has 0 aromatic carbocycles. The van der Waals surface area contributed by atoms with Gasteiger partial charge in [0.05, 0.1) is 36.9 Å². The quantitative estimate of drug-likeness (QED) is 0.488. The number of hydrogen-bond donors (Lipinski definition) is 3. The largest absolute Gasteiger partial charge is 0.395 e. The van der Waals surface area contributed by atoms with Crippen molar-refractivity contribution in [2.45, 2.75) is 12.1 Å². The number of nitrogens with zero attached hydrogens (tertiary/aromatic N) is 1. The molecular formula is C8H17NO5S. The summed E-state index contributed by atoms with van der Waals surface area (Å²) >= 11 is 0. The molecule has 1 rings (SSSR count). The van der Waals surface area contributed by atoms with Gasteiger partial charge in [0.1, 0.15) is 0 Å². The second-order valence-electron chi connectivity index (χ2n) is 3.69. The number of hydrogen-bond acceptors (Lipinski definition) is 6. The van der Waals surface area contributed by atoms with Crippen molar-refractivity contribution in [1.82, 2.24) is 4.90 Å². The smallest absolute Gasteiger partial charge is 0.154 e. The van der Waals surface area contributed by atoms with Gasteiger partial charge in [0.25, 0.3) is 0 Å². The highest BCUT2D eigenvalue weighted by Gasteiger charge is 2.39. The van der Waals surface area contributed by atoms with Gasteiger partial charge in [-0.1, -0.05) is 0 Å². The highest BCUT2D eigenvalue weighted by molar-refractivity contribution is 7.91. The summed E-state index contributed by atoms with van der Waals surface area (Å²) in [4.78, 5) is 1.61. The van der Waals surface area contributed by atoms with Crippen LogP contribution >= 0.6 is 0 Å². The van der Waals surface area contributed by atoms with Crippen molar-refractivity contribution in [2.24, 2.45) is 0 Å². The summed E-state index contributed by atoms with van der Waals surface area (Å²) < 4.78 is 22.5. The molecule has 0 aromatic rings. The average Bonchev–Trinajstić information content (AvgIpc) is 2.39. The normalized spacial score (nSPS) is 29.9. The average molecular weight is 239 g/mol. The monoisotopic (exact) mass is 239 g/mol. The van der Waals surface area contributed by atoms with Crippen LogP contribution in [0.25, 0.3) is 0 Å². The van der Waals surface area contributed by atoms with E-state index in [9.17, 15) is 13.5 Å². The Morgan fingerprint density at radius 1 is 1.13 bits per heavy atom. The van der Waals surface area contributed by atoms with Crippen molar-refractivity contribution in [2.75, 3.05) is 37.8 Å². The molecule has 1 heterocycles. The molecular weight excluding hydrogens is 222 g/mol. The Kier molecular flexibility index (Phi) is 4.47. The maximum Gasteiger partial charge on any atom is 0.154 e. The first-order chi connectivity index (χ1) is 7.00. The van der Waals surface area contributed by atoms with Gasteiger partial charge in [-0.3, -0.25) is 4.90 Å². The Balaban J connectivity index is 2.67. The van der Waals surface area contributed by atoms with E-state index in [4.69, 9.17) is 10.2 Å². The minimum atomic E-state index is -3.18. The molecule has 0 saturated carbocycles. The lowest BCUT2D eigenvalue weighted by atomic mass is 10.2. The fourth-order valence-corrected chi connectivity index (χ4v) is 3.69. The van der Waals surface area contributed by atoms with Crippen molar-refractivity contribution in [3.05, 3.63) is 0 Å². The Bertz CT molecular complexity index is 285. The lowest BCUT2D eigenvalue weighted by molar-refractivity contribution is 0.0588. The predicted octanol–water partition coefficient (Wildman–Crippen LogP) is -2.57. The van der Waals surface area contributed by atoms with E-state index < -0.39 is 22.0 Å². The molecule has 6 nitrogen and oxygen atoms in total. The van der Waals surface area contributed by atoms with Crippen LogP contribution in [0.2, 0.25) is 0 Å². The van der Waals surface area contributed by atoms with E-state index >= 15 is 0 Å². The zero-order chi connectivity index (χ0) is 11.5. The maximum absolute atomic E-state index is 11.3. The van der Waals surface area contributed by atoms with E-state index in [1.807, 2.05) is 0 Å². The molecule has 1 fully saturated rings. The van der Waals surface area contributed by atoms with Gasteiger partial charge in [-0.2, -0.15) is 0 Å². The molecule has 3 N–H and O–H groups in total. The summed E-state index contributed by atoms with van der Waals surface area (Å²) in [5.74, 6) is -0.334. The molecule has 90 valence electrons.